The van der Waals surface area contributed by atoms with Crippen molar-refractivity contribution < 1.29 is 9.59 Å². The summed E-state index contributed by atoms with van der Waals surface area (Å²) in [7, 11) is 4.69. The van der Waals surface area contributed by atoms with E-state index in [0.29, 0.717) is 6.61 Å². The summed E-state index contributed by atoms with van der Waals surface area (Å²) in [6.45, 7) is 5.23. The van der Waals surface area contributed by atoms with E-state index in [-0.39, 0.29) is 0 Å². The molecule has 0 heterocycles. The van der Waals surface area contributed by atoms with Gasteiger partial charge in [-0.25, -0.2) is 0 Å². The highest BCUT2D eigenvalue weighted by molar-refractivity contribution is 4.44. The molecule has 16 heavy (non-hydrogen) atoms. The summed E-state index contributed by atoms with van der Waals surface area (Å²) >= 11 is 0. The fraction of sp³-hybridized carbons (Fsp3) is 1.00. The van der Waals surface area contributed by atoms with Gasteiger partial charge in [0.2, 0.25) is 0 Å². The Bertz CT molecular complexity index is 146. The van der Waals surface area contributed by atoms with Crippen molar-refractivity contribution in [3.63, 3.8) is 0 Å². The summed E-state index contributed by atoms with van der Waals surface area (Å²) in [5, 5.41) is 8.69. The van der Waals surface area contributed by atoms with E-state index in [4.69, 9.17) is 5.11 Å². The van der Waals surface area contributed by atoms with E-state index in [1.165, 1.54) is 62.5 Å². The summed E-state index contributed by atoms with van der Waals surface area (Å²) < 4.78 is 1.17. The van der Waals surface area contributed by atoms with Gasteiger partial charge in [0.15, 0.2) is 0 Å². The highest BCUT2D eigenvalue weighted by atomic mass is 16.2. The van der Waals surface area contributed by atoms with Crippen molar-refractivity contribution in [3.05, 3.63) is 0 Å². The predicted molar refractivity (Wildman–Crippen MR) is 71.5 cm³/mol. The lowest BCUT2D eigenvalue weighted by Crippen LogP contribution is -2.41. The molecule has 0 amide bonds. The van der Waals surface area contributed by atoms with E-state index in [2.05, 4.69) is 21.0 Å². The monoisotopic (exact) mass is 230 g/mol. The van der Waals surface area contributed by atoms with Gasteiger partial charge in [-0.3, -0.25) is 0 Å². The molecular formula is C14H32NO+. The zero-order valence-corrected chi connectivity index (χ0v) is 11.7. The molecule has 0 bridgehead atoms. The molecule has 0 saturated heterocycles. The van der Waals surface area contributed by atoms with Crippen LogP contribution in [0.25, 0.3) is 0 Å². The lowest BCUT2D eigenvalue weighted by Gasteiger charge is -2.30. The van der Waals surface area contributed by atoms with Gasteiger partial charge in [0, 0.05) is 6.61 Å². The quantitative estimate of drug-likeness (QED) is 0.427. The summed E-state index contributed by atoms with van der Waals surface area (Å²) in [6.07, 6.45) is 10.2. The summed E-state index contributed by atoms with van der Waals surface area (Å²) in [5.41, 5.74) is 0. The van der Waals surface area contributed by atoms with Crippen molar-refractivity contribution in [1.29, 1.82) is 0 Å². The molecule has 0 aromatic rings. The molecule has 0 fully saturated rings. The first-order valence-electron chi connectivity index (χ1n) is 7.05. The van der Waals surface area contributed by atoms with Crippen LogP contribution in [0.2, 0.25) is 0 Å². The minimum Gasteiger partial charge on any atom is -0.396 e. The van der Waals surface area contributed by atoms with Crippen LogP contribution in [0.1, 0.15) is 58.3 Å². The first-order chi connectivity index (χ1) is 7.62. The van der Waals surface area contributed by atoms with Gasteiger partial charge in [-0.15, -0.1) is 0 Å². The van der Waals surface area contributed by atoms with Crippen LogP contribution in [0.15, 0.2) is 0 Å². The number of unbranched alkanes of at least 4 members (excludes halogenated alkanes) is 6. The molecule has 2 nitrogen and oxygen atoms in total. The third-order valence-corrected chi connectivity index (χ3v) is 3.29. The van der Waals surface area contributed by atoms with Gasteiger partial charge < -0.3 is 9.59 Å². The van der Waals surface area contributed by atoms with Gasteiger partial charge in [-0.05, 0) is 32.1 Å². The number of hydrogen-bond donors (Lipinski definition) is 1. The Morgan fingerprint density at radius 2 is 1.25 bits per heavy atom. The van der Waals surface area contributed by atoms with Crippen molar-refractivity contribution >= 4 is 0 Å². The molecule has 0 unspecified atom stereocenters. The number of rotatable bonds is 11. The Morgan fingerprint density at radius 3 is 1.75 bits per heavy atom. The highest BCUT2D eigenvalue weighted by Crippen LogP contribution is 2.08. The van der Waals surface area contributed by atoms with Crippen molar-refractivity contribution in [2.45, 2.75) is 58.3 Å². The van der Waals surface area contributed by atoms with Gasteiger partial charge in [0.05, 0.1) is 27.2 Å². The Morgan fingerprint density at radius 1 is 0.750 bits per heavy atom. The Kier molecular flexibility index (Phi) is 10.0. The van der Waals surface area contributed by atoms with Crippen LogP contribution in [0.5, 0.6) is 0 Å². The molecule has 0 aliphatic rings. The average Bonchev–Trinajstić information content (AvgIpc) is 2.24. The lowest BCUT2D eigenvalue weighted by atomic mass is 10.1. The standard InChI is InChI=1S/C14H32NO/c1-4-5-6-9-12-15(2,3)13-10-7-8-11-14-16/h16H,4-14H2,1-3H3/q+1. The fourth-order valence-electron chi connectivity index (χ4n) is 2.08. The second kappa shape index (κ2) is 10.1. The normalized spacial score (nSPS) is 12.0. The van der Waals surface area contributed by atoms with Gasteiger partial charge in [0.1, 0.15) is 0 Å². The molecule has 98 valence electrons. The van der Waals surface area contributed by atoms with E-state index in [1.54, 1.807) is 0 Å². The van der Waals surface area contributed by atoms with Gasteiger partial charge >= 0.3 is 0 Å². The molecule has 0 aliphatic carbocycles. The molecule has 0 spiro atoms. The van der Waals surface area contributed by atoms with Crippen LogP contribution in [0.3, 0.4) is 0 Å². The largest absolute Gasteiger partial charge is 0.396 e. The molecule has 0 saturated carbocycles. The van der Waals surface area contributed by atoms with Crippen LogP contribution in [-0.4, -0.2) is 43.4 Å². The molecule has 0 aromatic carbocycles. The van der Waals surface area contributed by atoms with Crippen LogP contribution in [0.4, 0.5) is 0 Å². The maximum Gasteiger partial charge on any atom is 0.0782 e. The minimum absolute atomic E-state index is 0.356. The summed E-state index contributed by atoms with van der Waals surface area (Å²) in [5.74, 6) is 0. The predicted octanol–water partition coefficient (Wildman–Crippen LogP) is 3.20. The minimum atomic E-state index is 0.356. The zero-order valence-electron chi connectivity index (χ0n) is 11.7. The number of hydrogen-bond acceptors (Lipinski definition) is 1. The number of aliphatic hydroxyl groups excluding tert-OH is 1. The SMILES string of the molecule is CCCCCC[N+](C)(C)CCCCCCO. The maximum atomic E-state index is 8.69. The molecule has 0 rings (SSSR count). The van der Waals surface area contributed by atoms with Gasteiger partial charge in [-0.1, -0.05) is 26.2 Å². The number of quaternary nitrogens is 1. The van der Waals surface area contributed by atoms with Crippen molar-refractivity contribution in [2.75, 3.05) is 33.8 Å². The van der Waals surface area contributed by atoms with Gasteiger partial charge in [0.25, 0.3) is 0 Å². The zero-order chi connectivity index (χ0) is 12.3. The second-order valence-corrected chi connectivity index (χ2v) is 5.58. The molecule has 0 radical (unpaired) electrons. The first kappa shape index (κ1) is 15.9. The van der Waals surface area contributed by atoms with Crippen LogP contribution >= 0.6 is 0 Å². The molecule has 0 atom stereocenters. The molecule has 0 aliphatic heterocycles. The highest BCUT2D eigenvalue weighted by Gasteiger charge is 2.13. The lowest BCUT2D eigenvalue weighted by molar-refractivity contribution is -0.890. The van der Waals surface area contributed by atoms with E-state index >= 15 is 0 Å². The van der Waals surface area contributed by atoms with E-state index in [9.17, 15) is 0 Å². The van der Waals surface area contributed by atoms with Crippen molar-refractivity contribution in [3.8, 4) is 0 Å². The molecular weight excluding hydrogens is 198 g/mol. The molecule has 2 heteroatoms. The Labute approximate surface area is 102 Å². The Hall–Kier alpha value is -0.0800. The molecule has 1 N–H and O–H groups in total. The smallest absolute Gasteiger partial charge is 0.0782 e. The maximum absolute atomic E-state index is 8.69. The third-order valence-electron chi connectivity index (χ3n) is 3.29. The average molecular weight is 230 g/mol. The van der Waals surface area contributed by atoms with E-state index < -0.39 is 0 Å². The van der Waals surface area contributed by atoms with E-state index in [0.717, 1.165) is 6.42 Å². The topological polar surface area (TPSA) is 20.2 Å². The first-order valence-corrected chi connectivity index (χ1v) is 7.05. The number of nitrogens with zero attached hydrogens (tertiary/aromatic N) is 1. The third kappa shape index (κ3) is 10.4. The van der Waals surface area contributed by atoms with Crippen LogP contribution in [-0.2, 0) is 0 Å². The number of aliphatic hydroxyl groups is 1. The summed E-state index contributed by atoms with van der Waals surface area (Å²) in [6, 6.07) is 0. The van der Waals surface area contributed by atoms with Gasteiger partial charge in [-0.2, -0.15) is 0 Å². The Balaban J connectivity index is 3.38. The van der Waals surface area contributed by atoms with Crippen molar-refractivity contribution in [1.82, 2.24) is 0 Å². The fourth-order valence-corrected chi connectivity index (χ4v) is 2.08. The summed E-state index contributed by atoms with van der Waals surface area (Å²) in [4.78, 5) is 0. The van der Waals surface area contributed by atoms with Crippen LogP contribution in [0, 0.1) is 0 Å². The second-order valence-electron chi connectivity index (χ2n) is 5.58. The van der Waals surface area contributed by atoms with E-state index in [1.807, 2.05) is 0 Å². The molecule has 0 aromatic heterocycles. The van der Waals surface area contributed by atoms with Crippen molar-refractivity contribution in [2.24, 2.45) is 0 Å². The van der Waals surface area contributed by atoms with Crippen LogP contribution < -0.4 is 0 Å².